The minimum Gasteiger partial charge on any atom is -0.364 e. The first kappa shape index (κ1) is 13.4. The average molecular weight is 278 g/mol. The Kier molecular flexibility index (Phi) is 3.26. The number of amides is 1. The van der Waals surface area contributed by atoms with Crippen LogP contribution in [0.5, 0.6) is 0 Å². The van der Waals surface area contributed by atoms with E-state index in [0.29, 0.717) is 12.2 Å². The maximum atomic E-state index is 11.9. The van der Waals surface area contributed by atoms with Crippen molar-refractivity contribution in [1.29, 1.82) is 0 Å². The number of hydrogen-bond acceptors (Lipinski definition) is 1. The lowest BCUT2D eigenvalue weighted by molar-refractivity contribution is 0.0991. The Hall–Kier alpha value is -2.55. The maximum absolute atomic E-state index is 11.9. The summed E-state index contributed by atoms with van der Waals surface area (Å²) in [5.41, 5.74) is 10.6. The molecular weight excluding hydrogens is 260 g/mol. The molecule has 3 aromatic rings. The molecule has 2 N–H and O–H groups in total. The molecule has 0 aliphatic rings. The quantitative estimate of drug-likeness (QED) is 0.784. The number of aromatic nitrogens is 1. The summed E-state index contributed by atoms with van der Waals surface area (Å²) in [4.78, 5) is 11.9. The molecule has 0 fully saturated rings. The van der Waals surface area contributed by atoms with Gasteiger partial charge in [0.2, 0.25) is 0 Å². The Morgan fingerprint density at radius 2 is 1.71 bits per heavy atom. The number of benzene rings is 2. The zero-order chi connectivity index (χ0) is 15.0. The molecule has 0 aliphatic carbocycles. The molecule has 0 unspecified atom stereocenters. The summed E-state index contributed by atoms with van der Waals surface area (Å²) in [6, 6.07) is 16.4. The molecule has 1 heterocycles. The highest BCUT2D eigenvalue weighted by atomic mass is 16.1. The van der Waals surface area contributed by atoms with E-state index >= 15 is 0 Å². The zero-order valence-electron chi connectivity index (χ0n) is 12.3. The van der Waals surface area contributed by atoms with E-state index in [-0.39, 0.29) is 5.91 Å². The summed E-state index contributed by atoms with van der Waals surface area (Å²) < 4.78 is 2.01. The highest BCUT2D eigenvalue weighted by Crippen LogP contribution is 2.26. The number of carbonyl (C=O) groups excluding carboxylic acids is 1. The Bertz CT molecular complexity index is 813. The van der Waals surface area contributed by atoms with E-state index in [1.807, 2.05) is 35.8 Å². The molecule has 0 aliphatic heterocycles. The van der Waals surface area contributed by atoms with Gasteiger partial charge in [0.1, 0.15) is 5.69 Å². The Morgan fingerprint density at radius 1 is 1.05 bits per heavy atom. The summed E-state index contributed by atoms with van der Waals surface area (Å²) in [6.45, 7) is 4.66. The predicted octanol–water partition coefficient (Wildman–Crippen LogP) is 3.41. The third-order valence-electron chi connectivity index (χ3n) is 3.92. The predicted molar refractivity (Wildman–Crippen MR) is 85.5 cm³/mol. The minimum absolute atomic E-state index is 0.379. The van der Waals surface area contributed by atoms with Crippen molar-refractivity contribution < 1.29 is 4.79 Å². The fourth-order valence-electron chi connectivity index (χ4n) is 2.83. The molecule has 0 saturated carbocycles. The fraction of sp³-hybridized carbons (Fsp3) is 0.167. The molecule has 106 valence electrons. The first-order valence-electron chi connectivity index (χ1n) is 7.01. The van der Waals surface area contributed by atoms with E-state index in [4.69, 9.17) is 5.73 Å². The third kappa shape index (κ3) is 2.31. The van der Waals surface area contributed by atoms with Crippen LogP contribution in [0, 0.1) is 13.8 Å². The molecule has 0 spiro atoms. The number of hydrogen-bond donors (Lipinski definition) is 1. The highest BCUT2D eigenvalue weighted by Gasteiger charge is 2.17. The topological polar surface area (TPSA) is 48.0 Å². The molecule has 0 bridgehead atoms. The van der Waals surface area contributed by atoms with E-state index in [0.717, 1.165) is 22.0 Å². The molecule has 21 heavy (non-hydrogen) atoms. The van der Waals surface area contributed by atoms with E-state index in [9.17, 15) is 4.79 Å². The van der Waals surface area contributed by atoms with Crippen molar-refractivity contribution in [3.8, 4) is 0 Å². The number of primary amides is 1. The molecule has 1 amide bonds. The third-order valence-corrected chi connectivity index (χ3v) is 3.92. The summed E-state index contributed by atoms with van der Waals surface area (Å²) in [5.74, 6) is -0.379. The number of fused-ring (bicyclic) bond motifs is 1. The van der Waals surface area contributed by atoms with Crippen LogP contribution in [0.15, 0.2) is 48.5 Å². The second-order valence-electron chi connectivity index (χ2n) is 5.43. The second kappa shape index (κ2) is 5.09. The van der Waals surface area contributed by atoms with Crippen molar-refractivity contribution in [2.45, 2.75) is 20.4 Å². The van der Waals surface area contributed by atoms with E-state index < -0.39 is 0 Å². The van der Waals surface area contributed by atoms with Crippen LogP contribution < -0.4 is 5.73 Å². The van der Waals surface area contributed by atoms with Gasteiger partial charge in [0.25, 0.3) is 5.91 Å². The Morgan fingerprint density at radius 3 is 2.38 bits per heavy atom. The first-order chi connectivity index (χ1) is 10.1. The number of nitrogens with two attached hydrogens (primary N) is 1. The molecule has 1 aromatic heterocycles. The SMILES string of the molecule is Cc1ccc(Cn2c(C(N)=O)c(C)c3ccccc32)cc1. The van der Waals surface area contributed by atoms with Crippen molar-refractivity contribution in [2.24, 2.45) is 5.73 Å². The summed E-state index contributed by atoms with van der Waals surface area (Å²) in [6.07, 6.45) is 0. The number of carbonyl (C=O) groups is 1. The van der Waals surface area contributed by atoms with Crippen LogP contribution in [0.1, 0.15) is 27.2 Å². The van der Waals surface area contributed by atoms with Crippen LogP contribution in [-0.4, -0.2) is 10.5 Å². The van der Waals surface area contributed by atoms with Gasteiger partial charge in [-0.3, -0.25) is 4.79 Å². The van der Waals surface area contributed by atoms with Gasteiger partial charge in [-0.1, -0.05) is 48.0 Å². The van der Waals surface area contributed by atoms with Crippen LogP contribution in [0.3, 0.4) is 0 Å². The summed E-state index contributed by atoms with van der Waals surface area (Å²) >= 11 is 0. The second-order valence-corrected chi connectivity index (χ2v) is 5.43. The number of aryl methyl sites for hydroxylation is 2. The van der Waals surface area contributed by atoms with Crippen molar-refractivity contribution in [2.75, 3.05) is 0 Å². The molecule has 0 saturated heterocycles. The molecule has 3 nitrogen and oxygen atoms in total. The van der Waals surface area contributed by atoms with Crippen molar-refractivity contribution >= 4 is 16.8 Å². The smallest absolute Gasteiger partial charge is 0.265 e. The molecule has 0 atom stereocenters. The average Bonchev–Trinajstić information content (AvgIpc) is 2.75. The molecule has 2 aromatic carbocycles. The van der Waals surface area contributed by atoms with Gasteiger partial charge in [-0.25, -0.2) is 0 Å². The van der Waals surface area contributed by atoms with Crippen molar-refractivity contribution in [3.63, 3.8) is 0 Å². The monoisotopic (exact) mass is 278 g/mol. The Labute approximate surface area is 124 Å². The van der Waals surface area contributed by atoms with Crippen LogP contribution in [0.4, 0.5) is 0 Å². The van der Waals surface area contributed by atoms with Crippen LogP contribution >= 0.6 is 0 Å². The fourth-order valence-corrected chi connectivity index (χ4v) is 2.83. The minimum atomic E-state index is -0.379. The highest BCUT2D eigenvalue weighted by molar-refractivity contribution is 6.00. The van der Waals surface area contributed by atoms with Gasteiger partial charge < -0.3 is 10.3 Å². The summed E-state index contributed by atoms with van der Waals surface area (Å²) in [5, 5.41) is 1.08. The summed E-state index contributed by atoms with van der Waals surface area (Å²) in [7, 11) is 0. The van der Waals surface area contributed by atoms with Gasteiger partial charge in [-0.15, -0.1) is 0 Å². The lowest BCUT2D eigenvalue weighted by Crippen LogP contribution is -2.18. The van der Waals surface area contributed by atoms with Gasteiger partial charge in [-0.2, -0.15) is 0 Å². The normalized spacial score (nSPS) is 11.0. The maximum Gasteiger partial charge on any atom is 0.265 e. The van der Waals surface area contributed by atoms with Crippen molar-refractivity contribution in [1.82, 2.24) is 4.57 Å². The number of para-hydroxylation sites is 1. The molecule has 3 heteroatoms. The lowest BCUT2D eigenvalue weighted by Gasteiger charge is -2.10. The van der Waals surface area contributed by atoms with E-state index in [1.165, 1.54) is 5.56 Å². The van der Waals surface area contributed by atoms with Crippen LogP contribution in [-0.2, 0) is 6.54 Å². The van der Waals surface area contributed by atoms with E-state index in [2.05, 4.69) is 31.2 Å². The van der Waals surface area contributed by atoms with Crippen LogP contribution in [0.25, 0.3) is 10.9 Å². The standard InChI is InChI=1S/C18H18N2O/c1-12-7-9-14(10-8-12)11-20-16-6-4-3-5-15(16)13(2)17(20)18(19)21/h3-10H,11H2,1-2H3,(H2,19,21). The molecular formula is C18H18N2O. The van der Waals surface area contributed by atoms with Gasteiger partial charge >= 0.3 is 0 Å². The van der Waals surface area contributed by atoms with Crippen LogP contribution in [0.2, 0.25) is 0 Å². The Balaban J connectivity index is 2.18. The number of nitrogens with zero attached hydrogens (tertiary/aromatic N) is 1. The largest absolute Gasteiger partial charge is 0.364 e. The first-order valence-corrected chi connectivity index (χ1v) is 7.01. The van der Waals surface area contributed by atoms with Gasteiger partial charge in [-0.05, 0) is 31.0 Å². The van der Waals surface area contributed by atoms with Gasteiger partial charge in [0.15, 0.2) is 0 Å². The molecule has 3 rings (SSSR count). The zero-order valence-corrected chi connectivity index (χ0v) is 12.3. The van der Waals surface area contributed by atoms with Gasteiger partial charge in [0.05, 0.1) is 0 Å². The lowest BCUT2D eigenvalue weighted by atomic mass is 10.1. The van der Waals surface area contributed by atoms with E-state index in [1.54, 1.807) is 0 Å². The van der Waals surface area contributed by atoms with Gasteiger partial charge in [0, 0.05) is 17.4 Å². The van der Waals surface area contributed by atoms with Crippen molar-refractivity contribution in [3.05, 3.63) is 70.9 Å². The molecule has 0 radical (unpaired) electrons. The number of rotatable bonds is 3.